The first-order valence-corrected chi connectivity index (χ1v) is 5.46. The highest BCUT2D eigenvalue weighted by molar-refractivity contribution is 9.10. The Kier molecular flexibility index (Phi) is 3.33. The lowest BCUT2D eigenvalue weighted by Crippen LogP contribution is -1.97. The number of ether oxygens (including phenoxy) is 1. The summed E-state index contributed by atoms with van der Waals surface area (Å²) in [4.78, 5) is 7.31. The number of hydrogen-bond donors (Lipinski definition) is 0. The molecule has 6 heteroatoms. The van der Waals surface area contributed by atoms with E-state index in [0.29, 0.717) is 4.47 Å². The predicted octanol–water partition coefficient (Wildman–Crippen LogP) is 3.62. The number of hydrogen-bond acceptors (Lipinski definition) is 3. The summed E-state index contributed by atoms with van der Waals surface area (Å²) in [7, 11) is 0. The van der Waals surface area contributed by atoms with E-state index in [-0.39, 0.29) is 17.3 Å². The summed E-state index contributed by atoms with van der Waals surface area (Å²) < 4.78 is 32.3. The Morgan fingerprint density at radius 2 is 1.94 bits per heavy atom. The molecule has 0 bridgehead atoms. The minimum atomic E-state index is -0.659. The van der Waals surface area contributed by atoms with E-state index in [1.54, 1.807) is 0 Å². The fourth-order valence-electron chi connectivity index (χ4n) is 1.21. The van der Waals surface area contributed by atoms with Crippen LogP contribution in [-0.2, 0) is 0 Å². The van der Waals surface area contributed by atoms with Gasteiger partial charge in [0.2, 0.25) is 5.82 Å². The molecule has 2 aromatic rings. The molecule has 17 heavy (non-hydrogen) atoms. The summed E-state index contributed by atoms with van der Waals surface area (Å²) in [6, 6.07) is 3.93. The largest absolute Gasteiger partial charge is 0.436 e. The van der Waals surface area contributed by atoms with Gasteiger partial charge in [-0.1, -0.05) is 15.9 Å². The smallest absolute Gasteiger partial charge is 0.259 e. The normalized spacial score (nSPS) is 10.4. The average Bonchev–Trinajstić information content (AvgIpc) is 2.23. The van der Waals surface area contributed by atoms with Crippen LogP contribution in [0, 0.1) is 18.6 Å². The van der Waals surface area contributed by atoms with Crippen LogP contribution in [0.25, 0.3) is 0 Å². The second kappa shape index (κ2) is 4.75. The molecule has 1 aromatic carbocycles. The summed E-state index contributed by atoms with van der Waals surface area (Å²) in [5.41, 5.74) is 0.172. The summed E-state index contributed by atoms with van der Waals surface area (Å²) >= 11 is 3.11. The van der Waals surface area contributed by atoms with Crippen molar-refractivity contribution in [3.63, 3.8) is 0 Å². The van der Waals surface area contributed by atoms with Gasteiger partial charge in [0.25, 0.3) is 5.88 Å². The van der Waals surface area contributed by atoms with Crippen molar-refractivity contribution in [1.29, 1.82) is 0 Å². The maximum atomic E-state index is 13.5. The quantitative estimate of drug-likeness (QED) is 0.850. The second-order valence-electron chi connectivity index (χ2n) is 3.29. The Labute approximate surface area is 105 Å². The van der Waals surface area contributed by atoms with Crippen LogP contribution in [0.1, 0.15) is 5.69 Å². The topological polar surface area (TPSA) is 35.0 Å². The molecule has 0 atom stereocenters. The fraction of sp³-hybridized carbons (Fsp3) is 0.0909. The predicted molar refractivity (Wildman–Crippen MR) is 60.9 cm³/mol. The zero-order valence-electron chi connectivity index (χ0n) is 8.75. The number of aryl methyl sites for hydroxylation is 1. The summed E-state index contributed by atoms with van der Waals surface area (Å²) in [6.07, 6.45) is 1.18. The zero-order valence-corrected chi connectivity index (χ0v) is 10.3. The Morgan fingerprint density at radius 3 is 2.65 bits per heavy atom. The molecule has 0 aliphatic carbocycles. The molecule has 3 nitrogen and oxygen atoms in total. The Morgan fingerprint density at radius 1 is 1.18 bits per heavy atom. The molecule has 0 fully saturated rings. The molecule has 0 unspecified atom stereocenters. The highest BCUT2D eigenvalue weighted by Crippen LogP contribution is 2.26. The molecular weight excluding hydrogens is 294 g/mol. The molecule has 2 rings (SSSR count). The molecule has 0 spiro atoms. The first-order valence-electron chi connectivity index (χ1n) is 4.67. The maximum absolute atomic E-state index is 13.5. The van der Waals surface area contributed by atoms with Crippen LogP contribution < -0.4 is 4.74 Å². The number of nitrogens with zero attached hydrogens (tertiary/aromatic N) is 2. The number of benzene rings is 1. The number of aromatic nitrogens is 2. The minimum Gasteiger partial charge on any atom is -0.436 e. The monoisotopic (exact) mass is 300 g/mol. The van der Waals surface area contributed by atoms with Gasteiger partial charge in [-0.2, -0.15) is 9.37 Å². The van der Waals surface area contributed by atoms with Gasteiger partial charge in [-0.25, -0.2) is 9.37 Å². The van der Waals surface area contributed by atoms with Crippen molar-refractivity contribution in [2.75, 3.05) is 0 Å². The van der Waals surface area contributed by atoms with Crippen molar-refractivity contribution < 1.29 is 13.5 Å². The van der Waals surface area contributed by atoms with Crippen LogP contribution in [0.15, 0.2) is 29.0 Å². The van der Waals surface area contributed by atoms with Crippen molar-refractivity contribution in [2.24, 2.45) is 0 Å². The van der Waals surface area contributed by atoms with Crippen LogP contribution in [0.2, 0.25) is 0 Å². The van der Waals surface area contributed by atoms with E-state index in [4.69, 9.17) is 4.74 Å². The molecule has 0 aliphatic heterocycles. The van der Waals surface area contributed by atoms with E-state index in [1.165, 1.54) is 25.4 Å². The first-order chi connectivity index (χ1) is 8.06. The van der Waals surface area contributed by atoms with Crippen LogP contribution in [0.4, 0.5) is 8.78 Å². The fourth-order valence-corrected chi connectivity index (χ4v) is 1.65. The zero-order chi connectivity index (χ0) is 12.4. The third-order valence-electron chi connectivity index (χ3n) is 1.98. The summed E-state index contributed by atoms with van der Waals surface area (Å²) in [5, 5.41) is 0. The van der Waals surface area contributed by atoms with E-state index in [0.717, 1.165) is 6.07 Å². The van der Waals surface area contributed by atoms with Crippen LogP contribution in [0.3, 0.4) is 0 Å². The van der Waals surface area contributed by atoms with Crippen molar-refractivity contribution in [3.05, 3.63) is 46.3 Å². The van der Waals surface area contributed by atoms with Crippen molar-refractivity contribution >= 4 is 15.9 Å². The van der Waals surface area contributed by atoms with E-state index in [2.05, 4.69) is 25.9 Å². The van der Waals surface area contributed by atoms with E-state index >= 15 is 0 Å². The highest BCUT2D eigenvalue weighted by Gasteiger charge is 2.10. The van der Waals surface area contributed by atoms with Gasteiger partial charge < -0.3 is 4.74 Å². The summed E-state index contributed by atoms with van der Waals surface area (Å²) in [5.74, 6) is -1.21. The molecule has 1 heterocycles. The van der Waals surface area contributed by atoms with Gasteiger partial charge in [0, 0.05) is 10.5 Å². The van der Waals surface area contributed by atoms with Gasteiger partial charge >= 0.3 is 0 Å². The van der Waals surface area contributed by atoms with Gasteiger partial charge in [0.15, 0.2) is 0 Å². The molecule has 0 amide bonds. The molecule has 0 radical (unpaired) electrons. The van der Waals surface area contributed by atoms with Crippen molar-refractivity contribution in [1.82, 2.24) is 9.97 Å². The third-order valence-corrected chi connectivity index (χ3v) is 2.44. The lowest BCUT2D eigenvalue weighted by molar-refractivity contribution is 0.414. The Balaban J connectivity index is 2.34. The standard InChI is InChI=1S/C11H7BrF2N2O/c1-6-10(14)11(16-5-15-6)17-9-3-7(12)2-8(13)4-9/h2-5H,1H3. The number of halogens is 3. The highest BCUT2D eigenvalue weighted by atomic mass is 79.9. The van der Waals surface area contributed by atoms with Gasteiger partial charge in [-0.3, -0.25) is 0 Å². The molecule has 1 aromatic heterocycles. The maximum Gasteiger partial charge on any atom is 0.259 e. The number of rotatable bonds is 2. The van der Waals surface area contributed by atoms with E-state index in [9.17, 15) is 8.78 Å². The Bertz CT molecular complexity index is 543. The molecule has 0 N–H and O–H groups in total. The Hall–Kier alpha value is -1.56. The molecular formula is C11H7BrF2N2O. The molecule has 0 saturated carbocycles. The summed E-state index contributed by atoms with van der Waals surface area (Å²) in [6.45, 7) is 1.49. The van der Waals surface area contributed by atoms with Crippen LogP contribution in [-0.4, -0.2) is 9.97 Å². The lowest BCUT2D eigenvalue weighted by Gasteiger charge is -2.06. The van der Waals surface area contributed by atoms with Gasteiger partial charge in [0.05, 0.1) is 5.69 Å². The van der Waals surface area contributed by atoms with E-state index < -0.39 is 11.6 Å². The third kappa shape index (κ3) is 2.76. The van der Waals surface area contributed by atoms with Crippen LogP contribution in [0.5, 0.6) is 11.6 Å². The van der Waals surface area contributed by atoms with Crippen molar-refractivity contribution in [3.8, 4) is 11.6 Å². The van der Waals surface area contributed by atoms with E-state index in [1.807, 2.05) is 0 Å². The molecule has 88 valence electrons. The van der Waals surface area contributed by atoms with Crippen molar-refractivity contribution in [2.45, 2.75) is 6.92 Å². The van der Waals surface area contributed by atoms with Gasteiger partial charge in [0.1, 0.15) is 17.9 Å². The molecule has 0 saturated heterocycles. The van der Waals surface area contributed by atoms with Gasteiger partial charge in [-0.15, -0.1) is 0 Å². The first kappa shape index (κ1) is 11.9. The van der Waals surface area contributed by atoms with Gasteiger partial charge in [-0.05, 0) is 19.1 Å². The minimum absolute atomic E-state index is 0.161. The lowest BCUT2D eigenvalue weighted by atomic mass is 10.3. The SMILES string of the molecule is Cc1ncnc(Oc2cc(F)cc(Br)c2)c1F. The van der Waals surface area contributed by atoms with Crippen LogP contribution >= 0.6 is 15.9 Å². The molecule has 0 aliphatic rings. The second-order valence-corrected chi connectivity index (χ2v) is 4.20. The average molecular weight is 301 g/mol.